The Hall–Kier alpha value is -2.15. The molecule has 7 heteroatoms. The van der Waals surface area contributed by atoms with E-state index in [1.54, 1.807) is 17.0 Å². The molecule has 0 bridgehead atoms. The molecule has 0 N–H and O–H groups in total. The number of carbonyl (C=O) groups is 1. The number of thiophene rings is 1. The summed E-state index contributed by atoms with van der Waals surface area (Å²) in [7, 11) is 0. The summed E-state index contributed by atoms with van der Waals surface area (Å²) >= 11 is 1.46. The molecule has 1 aliphatic rings. The highest BCUT2D eigenvalue weighted by Gasteiger charge is 2.25. The first kappa shape index (κ1) is 16.7. The number of piperazine rings is 1. The predicted molar refractivity (Wildman–Crippen MR) is 95.8 cm³/mol. The van der Waals surface area contributed by atoms with Crippen LogP contribution in [0.5, 0.6) is 0 Å². The molecule has 3 heterocycles. The molecule has 1 amide bonds. The van der Waals surface area contributed by atoms with Crippen molar-refractivity contribution >= 4 is 23.1 Å². The lowest BCUT2D eigenvalue weighted by Crippen LogP contribution is -2.50. The van der Waals surface area contributed by atoms with Crippen LogP contribution in [0.4, 0.5) is 5.82 Å². The SMILES string of the molecule is CC(C)Cn1ccnc(N2CCN(C(=O)c3cccs3)CC2)c1=O. The van der Waals surface area contributed by atoms with E-state index in [9.17, 15) is 9.59 Å². The van der Waals surface area contributed by atoms with Gasteiger partial charge in [-0.05, 0) is 17.4 Å². The van der Waals surface area contributed by atoms with Gasteiger partial charge in [0.2, 0.25) is 0 Å². The zero-order chi connectivity index (χ0) is 17.1. The molecule has 0 unspecified atom stereocenters. The van der Waals surface area contributed by atoms with Crippen molar-refractivity contribution in [2.75, 3.05) is 31.1 Å². The first-order chi connectivity index (χ1) is 11.6. The Morgan fingerprint density at radius 2 is 2.04 bits per heavy atom. The number of rotatable bonds is 4. The summed E-state index contributed by atoms with van der Waals surface area (Å²) in [4.78, 5) is 33.8. The van der Waals surface area contributed by atoms with Crippen LogP contribution in [0.3, 0.4) is 0 Å². The largest absolute Gasteiger partial charge is 0.348 e. The number of nitrogens with zero attached hydrogens (tertiary/aromatic N) is 4. The van der Waals surface area contributed by atoms with E-state index in [1.807, 2.05) is 27.3 Å². The topological polar surface area (TPSA) is 58.4 Å². The van der Waals surface area contributed by atoms with Crippen molar-refractivity contribution in [3.05, 3.63) is 45.1 Å². The summed E-state index contributed by atoms with van der Waals surface area (Å²) in [5.41, 5.74) is -0.0516. The molecule has 0 aromatic carbocycles. The molecule has 1 fully saturated rings. The van der Waals surface area contributed by atoms with Crippen LogP contribution in [0, 0.1) is 5.92 Å². The third-order valence-corrected chi connectivity index (χ3v) is 4.91. The maximum atomic E-state index is 12.6. The summed E-state index contributed by atoms with van der Waals surface area (Å²) in [6.45, 7) is 7.33. The summed E-state index contributed by atoms with van der Waals surface area (Å²) in [5, 5.41) is 1.91. The Labute approximate surface area is 145 Å². The van der Waals surface area contributed by atoms with E-state index in [1.165, 1.54) is 11.3 Å². The molecule has 0 atom stereocenters. The van der Waals surface area contributed by atoms with E-state index in [-0.39, 0.29) is 11.5 Å². The van der Waals surface area contributed by atoms with Crippen LogP contribution < -0.4 is 10.5 Å². The molecule has 0 radical (unpaired) electrons. The molecule has 0 aliphatic carbocycles. The van der Waals surface area contributed by atoms with Crippen LogP contribution in [-0.2, 0) is 6.54 Å². The van der Waals surface area contributed by atoms with Crippen LogP contribution in [0.25, 0.3) is 0 Å². The second-order valence-corrected chi connectivity index (χ2v) is 7.31. The van der Waals surface area contributed by atoms with Crippen LogP contribution in [-0.4, -0.2) is 46.5 Å². The van der Waals surface area contributed by atoms with Gasteiger partial charge < -0.3 is 14.4 Å². The summed E-state index contributed by atoms with van der Waals surface area (Å²) < 4.78 is 1.72. The smallest absolute Gasteiger partial charge is 0.293 e. The van der Waals surface area contributed by atoms with Gasteiger partial charge in [0.25, 0.3) is 11.5 Å². The quantitative estimate of drug-likeness (QED) is 0.849. The van der Waals surface area contributed by atoms with Gasteiger partial charge in [-0.3, -0.25) is 9.59 Å². The zero-order valence-electron chi connectivity index (χ0n) is 14.0. The summed E-state index contributed by atoms with van der Waals surface area (Å²) in [5.74, 6) is 0.961. The molecule has 2 aromatic heterocycles. The third-order valence-electron chi connectivity index (χ3n) is 4.06. The molecule has 2 aromatic rings. The average molecular weight is 346 g/mol. The van der Waals surface area contributed by atoms with E-state index < -0.39 is 0 Å². The molecular weight excluding hydrogens is 324 g/mol. The predicted octanol–water partition coefficient (Wildman–Crippen LogP) is 1.92. The summed E-state index contributed by atoms with van der Waals surface area (Å²) in [6, 6.07) is 3.74. The Kier molecular flexibility index (Phi) is 4.99. The van der Waals surface area contributed by atoms with Gasteiger partial charge >= 0.3 is 0 Å². The van der Waals surface area contributed by atoms with Crippen molar-refractivity contribution in [3.8, 4) is 0 Å². The van der Waals surface area contributed by atoms with Crippen LogP contribution in [0.2, 0.25) is 0 Å². The fraction of sp³-hybridized carbons (Fsp3) is 0.471. The van der Waals surface area contributed by atoms with Gasteiger partial charge in [0.1, 0.15) is 0 Å². The lowest BCUT2D eigenvalue weighted by Gasteiger charge is -2.34. The highest BCUT2D eigenvalue weighted by molar-refractivity contribution is 7.12. The number of aromatic nitrogens is 2. The molecule has 1 aliphatic heterocycles. The molecule has 6 nitrogen and oxygen atoms in total. The Morgan fingerprint density at radius 1 is 1.29 bits per heavy atom. The zero-order valence-corrected chi connectivity index (χ0v) is 14.8. The Morgan fingerprint density at radius 3 is 2.67 bits per heavy atom. The van der Waals surface area contributed by atoms with Gasteiger partial charge in [-0.25, -0.2) is 4.98 Å². The van der Waals surface area contributed by atoms with E-state index in [2.05, 4.69) is 18.8 Å². The van der Waals surface area contributed by atoms with Crippen molar-refractivity contribution in [3.63, 3.8) is 0 Å². The maximum Gasteiger partial charge on any atom is 0.293 e. The summed E-state index contributed by atoms with van der Waals surface area (Å²) in [6.07, 6.45) is 3.42. The molecule has 0 spiro atoms. The van der Waals surface area contributed by atoms with Crippen molar-refractivity contribution in [1.82, 2.24) is 14.5 Å². The molecule has 3 rings (SSSR count). The van der Waals surface area contributed by atoms with E-state index in [0.29, 0.717) is 44.5 Å². The number of carbonyl (C=O) groups excluding carboxylic acids is 1. The monoisotopic (exact) mass is 346 g/mol. The Bertz CT molecular complexity index is 746. The van der Waals surface area contributed by atoms with Gasteiger partial charge in [-0.1, -0.05) is 19.9 Å². The first-order valence-electron chi connectivity index (χ1n) is 8.19. The van der Waals surface area contributed by atoms with E-state index in [4.69, 9.17) is 0 Å². The average Bonchev–Trinajstić information content (AvgIpc) is 3.10. The molecule has 1 saturated heterocycles. The maximum absolute atomic E-state index is 12.6. The highest BCUT2D eigenvalue weighted by atomic mass is 32.1. The fourth-order valence-electron chi connectivity index (χ4n) is 2.87. The van der Waals surface area contributed by atoms with Crippen molar-refractivity contribution < 1.29 is 4.79 Å². The van der Waals surface area contributed by atoms with Crippen LogP contribution in [0.15, 0.2) is 34.7 Å². The lowest BCUT2D eigenvalue weighted by atomic mass is 10.2. The number of hydrogen-bond donors (Lipinski definition) is 0. The van der Waals surface area contributed by atoms with Gasteiger partial charge in [0.05, 0.1) is 4.88 Å². The second kappa shape index (κ2) is 7.17. The minimum absolute atomic E-state index is 0.0516. The minimum Gasteiger partial charge on any atom is -0.348 e. The van der Waals surface area contributed by atoms with Crippen LogP contribution in [0.1, 0.15) is 23.5 Å². The minimum atomic E-state index is -0.0516. The van der Waals surface area contributed by atoms with E-state index in [0.717, 1.165) is 4.88 Å². The standard InChI is InChI=1S/C17H22N4O2S/c1-13(2)12-21-6-5-18-15(17(21)23)19-7-9-20(10-8-19)16(22)14-4-3-11-24-14/h3-6,11,13H,7-10,12H2,1-2H3. The molecule has 128 valence electrons. The number of hydrogen-bond acceptors (Lipinski definition) is 5. The van der Waals surface area contributed by atoms with Crippen molar-refractivity contribution in [2.24, 2.45) is 5.92 Å². The molecule has 24 heavy (non-hydrogen) atoms. The normalized spacial score (nSPS) is 15.1. The van der Waals surface area contributed by atoms with Crippen molar-refractivity contribution in [2.45, 2.75) is 20.4 Å². The number of amides is 1. The van der Waals surface area contributed by atoms with Gasteiger partial charge in [0.15, 0.2) is 5.82 Å². The van der Waals surface area contributed by atoms with Gasteiger partial charge in [0, 0.05) is 45.1 Å². The first-order valence-corrected chi connectivity index (χ1v) is 9.07. The van der Waals surface area contributed by atoms with Crippen LogP contribution >= 0.6 is 11.3 Å². The highest BCUT2D eigenvalue weighted by Crippen LogP contribution is 2.15. The van der Waals surface area contributed by atoms with E-state index >= 15 is 0 Å². The lowest BCUT2D eigenvalue weighted by molar-refractivity contribution is 0.0751. The molecular formula is C17H22N4O2S. The van der Waals surface area contributed by atoms with Gasteiger partial charge in [-0.15, -0.1) is 11.3 Å². The second-order valence-electron chi connectivity index (χ2n) is 6.36. The number of anilines is 1. The van der Waals surface area contributed by atoms with Gasteiger partial charge in [-0.2, -0.15) is 0 Å². The van der Waals surface area contributed by atoms with Crippen molar-refractivity contribution in [1.29, 1.82) is 0 Å². The Balaban J connectivity index is 1.69. The fourth-order valence-corrected chi connectivity index (χ4v) is 3.56. The molecule has 0 saturated carbocycles. The third kappa shape index (κ3) is 3.51.